The second-order valence-electron chi connectivity index (χ2n) is 7.15. The summed E-state index contributed by atoms with van der Waals surface area (Å²) in [5.41, 5.74) is 2.06. The van der Waals surface area contributed by atoms with Crippen molar-refractivity contribution in [2.45, 2.75) is 18.4 Å². The first kappa shape index (κ1) is 18.4. The molecule has 1 aromatic heterocycles. The highest BCUT2D eigenvalue weighted by molar-refractivity contribution is 6.10. The third-order valence-electron chi connectivity index (χ3n) is 5.24. The molecule has 7 nitrogen and oxygen atoms in total. The first-order chi connectivity index (χ1) is 13.7. The van der Waals surface area contributed by atoms with E-state index in [4.69, 9.17) is 9.73 Å². The van der Waals surface area contributed by atoms with Gasteiger partial charge < -0.3 is 20.3 Å². The summed E-state index contributed by atoms with van der Waals surface area (Å²) in [7, 11) is 1.67. The van der Waals surface area contributed by atoms with Gasteiger partial charge in [0.25, 0.3) is 5.91 Å². The highest BCUT2D eigenvalue weighted by Gasteiger charge is 2.44. The van der Waals surface area contributed by atoms with Gasteiger partial charge in [0.2, 0.25) is 0 Å². The number of ether oxygens (including phenoxy) is 1. The molecule has 4 rings (SSSR count). The quantitative estimate of drug-likeness (QED) is 0.799. The fourth-order valence-electron chi connectivity index (χ4n) is 3.88. The first-order valence-electron chi connectivity index (χ1n) is 9.60. The number of pyridine rings is 1. The molecule has 0 bridgehead atoms. The van der Waals surface area contributed by atoms with Crippen LogP contribution in [-0.4, -0.2) is 60.5 Å². The van der Waals surface area contributed by atoms with Gasteiger partial charge >= 0.3 is 0 Å². The van der Waals surface area contributed by atoms with Crippen LogP contribution < -0.4 is 10.6 Å². The number of hydrogen-bond donors (Lipinski definition) is 2. The molecular formula is C21H25N5O2. The summed E-state index contributed by atoms with van der Waals surface area (Å²) in [6.07, 6.45) is 3.44. The molecule has 146 valence electrons. The largest absolute Gasteiger partial charge is 0.383 e. The molecule has 1 saturated heterocycles. The molecular weight excluding hydrogens is 354 g/mol. The third-order valence-corrected chi connectivity index (χ3v) is 5.24. The van der Waals surface area contributed by atoms with Crippen LogP contribution in [0.3, 0.4) is 0 Å². The van der Waals surface area contributed by atoms with E-state index in [1.165, 1.54) is 0 Å². The van der Waals surface area contributed by atoms with Crippen LogP contribution >= 0.6 is 0 Å². The normalized spacial score (nSPS) is 22.5. The SMILES string of the molecule is COCCN=C1Nc2ccccc2N[C@]12CCCN(C(=O)c1ccccn1)C2. The van der Waals surface area contributed by atoms with E-state index in [1.54, 1.807) is 19.4 Å². The van der Waals surface area contributed by atoms with E-state index >= 15 is 0 Å². The fraction of sp³-hybridized carbons (Fsp3) is 0.381. The number of fused-ring (bicyclic) bond motifs is 1. The Balaban J connectivity index is 1.64. The summed E-state index contributed by atoms with van der Waals surface area (Å²) >= 11 is 0. The summed E-state index contributed by atoms with van der Waals surface area (Å²) in [6, 6.07) is 13.5. The number of nitrogens with zero attached hydrogens (tertiary/aromatic N) is 3. The zero-order valence-electron chi connectivity index (χ0n) is 16.0. The van der Waals surface area contributed by atoms with Gasteiger partial charge in [0.05, 0.1) is 31.1 Å². The van der Waals surface area contributed by atoms with Crippen LogP contribution in [0.4, 0.5) is 11.4 Å². The first-order valence-corrected chi connectivity index (χ1v) is 9.60. The monoisotopic (exact) mass is 379 g/mol. The molecule has 7 heteroatoms. The van der Waals surface area contributed by atoms with E-state index in [1.807, 2.05) is 35.2 Å². The van der Waals surface area contributed by atoms with Crippen LogP contribution in [0.2, 0.25) is 0 Å². The number of rotatable bonds is 4. The summed E-state index contributed by atoms with van der Waals surface area (Å²) in [5, 5.41) is 7.17. The standard InChI is InChI=1S/C21H25N5O2/c1-28-14-12-23-20-21(25-17-8-3-2-7-16(17)24-20)10-6-13-26(15-21)19(27)18-9-4-5-11-22-18/h2-5,7-9,11,25H,6,10,12-15H2,1H3,(H,23,24)/t21-/m0/s1. The number of benzene rings is 1. The predicted molar refractivity (Wildman–Crippen MR) is 110 cm³/mol. The molecule has 1 fully saturated rings. The Labute approximate surface area is 164 Å². The highest BCUT2D eigenvalue weighted by atomic mass is 16.5. The van der Waals surface area contributed by atoms with Crippen molar-refractivity contribution in [1.82, 2.24) is 9.88 Å². The minimum absolute atomic E-state index is 0.0448. The number of amidine groups is 1. The maximum absolute atomic E-state index is 13.0. The number of carbonyl (C=O) groups is 1. The molecule has 2 aliphatic rings. The lowest BCUT2D eigenvalue weighted by Gasteiger charge is -2.47. The summed E-state index contributed by atoms with van der Waals surface area (Å²) in [4.78, 5) is 23.9. The molecule has 0 radical (unpaired) electrons. The number of anilines is 2. The Morgan fingerprint density at radius 3 is 2.86 bits per heavy atom. The van der Waals surface area contributed by atoms with Crippen LogP contribution in [0.5, 0.6) is 0 Å². The van der Waals surface area contributed by atoms with Crippen molar-refractivity contribution in [2.75, 3.05) is 44.0 Å². The van der Waals surface area contributed by atoms with Gasteiger partial charge in [-0.25, -0.2) is 0 Å². The summed E-state index contributed by atoms with van der Waals surface area (Å²) in [6.45, 7) is 2.37. The lowest BCUT2D eigenvalue weighted by molar-refractivity contribution is 0.0688. The van der Waals surface area contributed by atoms with E-state index in [2.05, 4.69) is 21.7 Å². The number of hydrogen-bond acceptors (Lipinski definition) is 5. The molecule has 2 N–H and O–H groups in total. The van der Waals surface area contributed by atoms with Crippen LogP contribution in [0.15, 0.2) is 53.7 Å². The van der Waals surface area contributed by atoms with Crippen molar-refractivity contribution in [3.05, 3.63) is 54.4 Å². The minimum Gasteiger partial charge on any atom is -0.383 e. The third kappa shape index (κ3) is 3.57. The van der Waals surface area contributed by atoms with Gasteiger partial charge in [-0.3, -0.25) is 14.8 Å². The van der Waals surface area contributed by atoms with Crippen molar-refractivity contribution in [1.29, 1.82) is 0 Å². The zero-order valence-corrected chi connectivity index (χ0v) is 16.0. The van der Waals surface area contributed by atoms with Gasteiger partial charge in [-0.1, -0.05) is 18.2 Å². The van der Waals surface area contributed by atoms with Crippen molar-refractivity contribution in [3.63, 3.8) is 0 Å². The van der Waals surface area contributed by atoms with Crippen molar-refractivity contribution in [3.8, 4) is 0 Å². The van der Waals surface area contributed by atoms with Crippen LogP contribution in [-0.2, 0) is 4.74 Å². The van der Waals surface area contributed by atoms with Gasteiger partial charge in [-0.2, -0.15) is 0 Å². The van der Waals surface area contributed by atoms with Crippen molar-refractivity contribution in [2.24, 2.45) is 4.99 Å². The molecule has 2 aromatic rings. The zero-order chi connectivity index (χ0) is 19.4. The van der Waals surface area contributed by atoms with Crippen molar-refractivity contribution >= 4 is 23.1 Å². The Kier molecular flexibility index (Phi) is 5.25. The number of carbonyl (C=O) groups excluding carboxylic acids is 1. The molecule has 1 amide bonds. The smallest absolute Gasteiger partial charge is 0.272 e. The van der Waals surface area contributed by atoms with Gasteiger partial charge in [-0.15, -0.1) is 0 Å². The Morgan fingerprint density at radius 2 is 2.07 bits per heavy atom. The lowest BCUT2D eigenvalue weighted by atomic mass is 9.85. The maximum atomic E-state index is 13.0. The van der Waals surface area contributed by atoms with Gasteiger partial charge in [0.1, 0.15) is 17.1 Å². The van der Waals surface area contributed by atoms with Gasteiger partial charge in [-0.05, 0) is 37.1 Å². The van der Waals surface area contributed by atoms with E-state index in [0.717, 1.165) is 30.1 Å². The van der Waals surface area contributed by atoms with E-state index in [-0.39, 0.29) is 5.91 Å². The Hall–Kier alpha value is -2.93. The Morgan fingerprint density at radius 1 is 1.25 bits per heavy atom. The molecule has 1 aromatic carbocycles. The minimum atomic E-state index is -0.440. The van der Waals surface area contributed by atoms with Crippen LogP contribution in [0.25, 0.3) is 0 Å². The number of piperidine rings is 1. The fourth-order valence-corrected chi connectivity index (χ4v) is 3.88. The van der Waals surface area contributed by atoms with Gasteiger partial charge in [0, 0.05) is 19.9 Å². The second-order valence-corrected chi connectivity index (χ2v) is 7.15. The molecule has 1 spiro atoms. The summed E-state index contributed by atoms with van der Waals surface area (Å²) < 4.78 is 5.17. The average molecular weight is 379 g/mol. The van der Waals surface area contributed by atoms with E-state index < -0.39 is 5.54 Å². The highest BCUT2D eigenvalue weighted by Crippen LogP contribution is 2.36. The van der Waals surface area contributed by atoms with Crippen molar-refractivity contribution < 1.29 is 9.53 Å². The van der Waals surface area contributed by atoms with E-state index in [0.29, 0.717) is 31.9 Å². The van der Waals surface area contributed by atoms with E-state index in [9.17, 15) is 4.79 Å². The number of nitrogens with one attached hydrogen (secondary N) is 2. The number of aromatic nitrogens is 1. The molecule has 0 aliphatic carbocycles. The lowest BCUT2D eigenvalue weighted by Crippen LogP contribution is -2.62. The molecule has 0 saturated carbocycles. The summed E-state index contributed by atoms with van der Waals surface area (Å²) in [5.74, 6) is 0.818. The maximum Gasteiger partial charge on any atom is 0.272 e. The molecule has 2 aliphatic heterocycles. The van der Waals surface area contributed by atoms with Gasteiger partial charge in [0.15, 0.2) is 0 Å². The second kappa shape index (κ2) is 7.98. The number of likely N-dealkylation sites (tertiary alicyclic amines) is 1. The molecule has 28 heavy (non-hydrogen) atoms. The van der Waals surface area contributed by atoms with Crippen LogP contribution in [0, 0.1) is 0 Å². The van der Waals surface area contributed by atoms with Crippen LogP contribution in [0.1, 0.15) is 23.3 Å². The Bertz CT molecular complexity index is 870. The number of amides is 1. The number of methoxy groups -OCH3 is 1. The molecule has 0 unspecified atom stereocenters. The predicted octanol–water partition coefficient (Wildman–Crippen LogP) is 2.64. The topological polar surface area (TPSA) is 78.9 Å². The average Bonchev–Trinajstić information content (AvgIpc) is 2.74. The molecule has 3 heterocycles. The number of aliphatic imine (C=N–C) groups is 1. The molecule has 1 atom stereocenters. The number of para-hydroxylation sites is 2.